The first-order valence-electron chi connectivity index (χ1n) is 8.16. The zero-order chi connectivity index (χ0) is 14.4. The minimum absolute atomic E-state index is 0.640. The van der Waals surface area contributed by atoms with Crippen LogP contribution < -0.4 is 5.32 Å². The fraction of sp³-hybridized carbons (Fsp3) is 0.765. The van der Waals surface area contributed by atoms with Crippen molar-refractivity contribution in [1.82, 2.24) is 10.2 Å². The van der Waals surface area contributed by atoms with Crippen molar-refractivity contribution in [3.63, 3.8) is 0 Å². The third-order valence-corrected chi connectivity index (χ3v) is 5.57. The Hall–Kier alpha value is -0.380. The number of nitrogens with one attached hydrogen (secondary N) is 1. The number of likely N-dealkylation sites (N-methyl/N-ethyl adjacent to an activating group) is 1. The van der Waals surface area contributed by atoms with Gasteiger partial charge in [-0.3, -0.25) is 0 Å². The molecule has 0 aliphatic heterocycles. The van der Waals surface area contributed by atoms with E-state index in [1.54, 1.807) is 0 Å². The Labute approximate surface area is 128 Å². The van der Waals surface area contributed by atoms with Gasteiger partial charge in [0.25, 0.3) is 0 Å². The fourth-order valence-electron chi connectivity index (χ4n) is 3.28. The Morgan fingerprint density at radius 1 is 1.45 bits per heavy atom. The molecule has 2 rings (SSSR count). The van der Waals surface area contributed by atoms with E-state index in [1.807, 2.05) is 11.3 Å². The van der Waals surface area contributed by atoms with Crippen LogP contribution in [-0.4, -0.2) is 37.1 Å². The molecule has 1 N–H and O–H groups in total. The minimum atomic E-state index is 0.640. The molecular formula is C17H30N2S. The van der Waals surface area contributed by atoms with E-state index in [9.17, 15) is 0 Å². The summed E-state index contributed by atoms with van der Waals surface area (Å²) >= 11 is 1.88. The summed E-state index contributed by atoms with van der Waals surface area (Å²) in [4.78, 5) is 4.08. The second-order valence-electron chi connectivity index (χ2n) is 6.32. The molecule has 0 spiro atoms. The molecule has 0 saturated heterocycles. The molecule has 0 aromatic carbocycles. The topological polar surface area (TPSA) is 15.3 Å². The van der Waals surface area contributed by atoms with Crippen molar-refractivity contribution in [3.8, 4) is 0 Å². The van der Waals surface area contributed by atoms with Gasteiger partial charge in [0, 0.05) is 23.5 Å². The molecule has 114 valence electrons. The third kappa shape index (κ3) is 4.57. The molecule has 2 nitrogen and oxygen atoms in total. The van der Waals surface area contributed by atoms with E-state index >= 15 is 0 Å². The second-order valence-corrected chi connectivity index (χ2v) is 7.36. The Morgan fingerprint density at radius 3 is 3.00 bits per heavy atom. The zero-order valence-electron chi connectivity index (χ0n) is 13.3. The van der Waals surface area contributed by atoms with Crippen LogP contribution in [0.3, 0.4) is 0 Å². The summed E-state index contributed by atoms with van der Waals surface area (Å²) in [6, 6.07) is 5.82. The Kier molecular flexibility index (Phi) is 6.53. The van der Waals surface area contributed by atoms with Crippen molar-refractivity contribution < 1.29 is 0 Å². The van der Waals surface area contributed by atoms with Crippen molar-refractivity contribution in [2.24, 2.45) is 5.92 Å². The van der Waals surface area contributed by atoms with Crippen molar-refractivity contribution in [3.05, 3.63) is 22.4 Å². The molecule has 1 aliphatic rings. The second kappa shape index (κ2) is 8.16. The number of nitrogens with zero attached hydrogens (tertiary/aromatic N) is 1. The summed E-state index contributed by atoms with van der Waals surface area (Å²) in [5.41, 5.74) is 0. The van der Waals surface area contributed by atoms with Crippen molar-refractivity contribution in [2.75, 3.05) is 20.1 Å². The molecule has 1 saturated carbocycles. The molecule has 1 aromatic heterocycles. The highest BCUT2D eigenvalue weighted by molar-refractivity contribution is 7.09. The number of hydrogen-bond acceptors (Lipinski definition) is 3. The quantitative estimate of drug-likeness (QED) is 0.785. The lowest BCUT2D eigenvalue weighted by molar-refractivity contribution is 0.202. The molecule has 0 bridgehead atoms. The number of rotatable bonds is 8. The van der Waals surface area contributed by atoms with E-state index in [4.69, 9.17) is 0 Å². The maximum absolute atomic E-state index is 3.75. The molecule has 1 fully saturated rings. The van der Waals surface area contributed by atoms with E-state index in [0.717, 1.165) is 12.0 Å². The van der Waals surface area contributed by atoms with Crippen LogP contribution in [0.4, 0.5) is 0 Å². The minimum Gasteiger partial charge on any atom is -0.314 e. The van der Waals surface area contributed by atoms with Gasteiger partial charge < -0.3 is 10.2 Å². The van der Waals surface area contributed by atoms with Gasteiger partial charge in [0.2, 0.25) is 0 Å². The highest BCUT2D eigenvalue weighted by Crippen LogP contribution is 2.27. The van der Waals surface area contributed by atoms with Crippen molar-refractivity contribution in [2.45, 2.75) is 58.0 Å². The lowest BCUT2D eigenvalue weighted by Gasteiger charge is -2.30. The van der Waals surface area contributed by atoms with Crippen molar-refractivity contribution >= 4 is 11.3 Å². The first kappa shape index (κ1) is 16.0. The fourth-order valence-corrected chi connectivity index (χ4v) is 4.11. The molecule has 0 radical (unpaired) electrons. The molecule has 1 aliphatic carbocycles. The van der Waals surface area contributed by atoms with Crippen LogP contribution in [-0.2, 0) is 6.42 Å². The smallest absolute Gasteiger partial charge is 0.0112 e. The maximum atomic E-state index is 3.75. The van der Waals surface area contributed by atoms with Crippen LogP contribution in [0.25, 0.3) is 0 Å². The maximum Gasteiger partial charge on any atom is 0.0112 e. The summed E-state index contributed by atoms with van der Waals surface area (Å²) < 4.78 is 0. The van der Waals surface area contributed by atoms with Gasteiger partial charge in [-0.25, -0.2) is 0 Å². The molecule has 1 aromatic rings. The summed E-state index contributed by atoms with van der Waals surface area (Å²) in [5.74, 6) is 0.845. The summed E-state index contributed by atoms with van der Waals surface area (Å²) in [5, 5.41) is 5.93. The molecule has 3 atom stereocenters. The summed E-state index contributed by atoms with van der Waals surface area (Å²) in [6.45, 7) is 7.04. The standard InChI is InChI=1S/C17H30N2S/c1-4-10-18-17-9-5-7-15(17)13-19(3)14(2)12-16-8-6-11-20-16/h6,8,11,14-15,17-18H,4-5,7,9-10,12-13H2,1-3H3. The first-order valence-corrected chi connectivity index (χ1v) is 9.04. The molecule has 1 heterocycles. The first-order chi connectivity index (χ1) is 9.70. The van der Waals surface area contributed by atoms with Gasteiger partial charge in [-0.2, -0.15) is 0 Å². The average Bonchev–Trinajstić information content (AvgIpc) is 3.08. The van der Waals surface area contributed by atoms with Crippen LogP contribution >= 0.6 is 11.3 Å². The zero-order valence-corrected chi connectivity index (χ0v) is 14.1. The monoisotopic (exact) mass is 294 g/mol. The highest BCUT2D eigenvalue weighted by Gasteiger charge is 2.28. The van der Waals surface area contributed by atoms with Gasteiger partial charge in [-0.05, 0) is 63.6 Å². The Bertz CT molecular complexity index is 363. The van der Waals surface area contributed by atoms with E-state index in [0.29, 0.717) is 6.04 Å². The van der Waals surface area contributed by atoms with Gasteiger partial charge in [0.1, 0.15) is 0 Å². The van der Waals surface area contributed by atoms with Crippen LogP contribution in [0.15, 0.2) is 17.5 Å². The van der Waals surface area contributed by atoms with Gasteiger partial charge in [0.05, 0.1) is 0 Å². The Balaban J connectivity index is 1.78. The lowest BCUT2D eigenvalue weighted by Crippen LogP contribution is -2.41. The Morgan fingerprint density at radius 2 is 2.30 bits per heavy atom. The SMILES string of the molecule is CCCNC1CCCC1CN(C)C(C)Cc1cccs1. The summed E-state index contributed by atoms with van der Waals surface area (Å²) in [6.07, 6.45) is 6.61. The molecule has 20 heavy (non-hydrogen) atoms. The van der Waals surface area contributed by atoms with E-state index < -0.39 is 0 Å². The van der Waals surface area contributed by atoms with Gasteiger partial charge in [-0.15, -0.1) is 11.3 Å². The molecule has 0 amide bonds. The average molecular weight is 295 g/mol. The lowest BCUT2D eigenvalue weighted by atomic mass is 10.0. The van der Waals surface area contributed by atoms with Gasteiger partial charge >= 0.3 is 0 Å². The third-order valence-electron chi connectivity index (χ3n) is 4.67. The normalized spacial score (nSPS) is 24.4. The van der Waals surface area contributed by atoms with Gasteiger partial charge in [-0.1, -0.05) is 19.4 Å². The molecular weight excluding hydrogens is 264 g/mol. The number of thiophene rings is 1. The predicted octanol–water partition coefficient (Wildman–Crippen LogP) is 3.78. The van der Waals surface area contributed by atoms with Gasteiger partial charge in [0.15, 0.2) is 0 Å². The van der Waals surface area contributed by atoms with Crippen LogP contribution in [0, 0.1) is 5.92 Å². The highest BCUT2D eigenvalue weighted by atomic mass is 32.1. The molecule has 3 heteroatoms. The summed E-state index contributed by atoms with van der Waals surface area (Å²) in [7, 11) is 2.30. The van der Waals surface area contributed by atoms with E-state index in [2.05, 4.69) is 48.6 Å². The largest absolute Gasteiger partial charge is 0.314 e. The predicted molar refractivity (Wildman–Crippen MR) is 89.5 cm³/mol. The number of hydrogen-bond donors (Lipinski definition) is 1. The van der Waals surface area contributed by atoms with Crippen molar-refractivity contribution in [1.29, 1.82) is 0 Å². The van der Waals surface area contributed by atoms with Crippen LogP contribution in [0.1, 0.15) is 44.4 Å². The van der Waals surface area contributed by atoms with Crippen LogP contribution in [0.5, 0.6) is 0 Å². The van der Waals surface area contributed by atoms with E-state index in [-0.39, 0.29) is 0 Å². The van der Waals surface area contributed by atoms with E-state index in [1.165, 1.54) is 50.1 Å². The molecule has 3 unspecified atom stereocenters. The van der Waals surface area contributed by atoms with Crippen LogP contribution in [0.2, 0.25) is 0 Å².